The van der Waals surface area contributed by atoms with Gasteiger partial charge in [0.15, 0.2) is 5.82 Å². The molecule has 1 fully saturated rings. The Morgan fingerprint density at radius 2 is 1.91 bits per heavy atom. The summed E-state index contributed by atoms with van der Waals surface area (Å²) < 4.78 is 12.6. The number of methoxy groups -OCH3 is 1. The van der Waals surface area contributed by atoms with Crippen molar-refractivity contribution in [1.82, 2.24) is 24.9 Å². The Labute approximate surface area is 207 Å². The van der Waals surface area contributed by atoms with Crippen molar-refractivity contribution in [2.75, 3.05) is 20.3 Å². The Morgan fingerprint density at radius 3 is 2.66 bits per heavy atom. The van der Waals surface area contributed by atoms with Crippen LogP contribution in [0.2, 0.25) is 5.02 Å². The molecule has 0 spiro atoms. The number of para-hydroxylation sites is 1. The molecule has 2 N–H and O–H groups in total. The molecule has 180 valence electrons. The minimum atomic E-state index is -0.433. The molecule has 1 aliphatic carbocycles. The van der Waals surface area contributed by atoms with Gasteiger partial charge < -0.3 is 14.8 Å². The number of benzene rings is 2. The fourth-order valence-electron chi connectivity index (χ4n) is 3.99. The van der Waals surface area contributed by atoms with Gasteiger partial charge in [-0.1, -0.05) is 60.6 Å². The van der Waals surface area contributed by atoms with E-state index in [0.29, 0.717) is 17.3 Å². The number of aromatic amines is 1. The van der Waals surface area contributed by atoms with Crippen LogP contribution in [-0.2, 0) is 11.3 Å². The molecule has 1 aliphatic rings. The van der Waals surface area contributed by atoms with Crippen LogP contribution in [0.5, 0.6) is 5.75 Å². The molecule has 9 heteroatoms. The highest BCUT2D eigenvalue weighted by Crippen LogP contribution is 2.45. The molecular weight excluding hydrogens is 466 g/mol. The fourth-order valence-corrected chi connectivity index (χ4v) is 4.17. The molecular formula is C26H26ClN5O3. The number of rotatable bonds is 10. The number of hydrogen-bond donors (Lipinski definition) is 2. The maximum Gasteiger partial charge on any atom is 0.293 e. The second kappa shape index (κ2) is 9.56. The summed E-state index contributed by atoms with van der Waals surface area (Å²) in [5.41, 5.74) is 2.50. The van der Waals surface area contributed by atoms with Crippen molar-refractivity contribution in [3.8, 4) is 17.1 Å². The maximum atomic E-state index is 12.8. The van der Waals surface area contributed by atoms with Crippen LogP contribution in [-0.4, -0.2) is 39.8 Å². The second-order valence-electron chi connectivity index (χ2n) is 8.80. The number of H-pyrrole nitrogens is 1. The number of aromatic nitrogens is 4. The standard InChI is InChI=1S/C26H26ClN5O3/c1-17(28-15-26(12-13-26)16-34-2)19-10-6-7-11-21(19)35-14-20-22(27)24(33)32-25(29-20)30-23(31-32)18-8-4-3-5-9-18/h3-11,28H,1,12-16H2,2H3,(H,29,30,31). The molecule has 0 unspecified atom stereocenters. The van der Waals surface area contributed by atoms with Crippen LogP contribution < -0.4 is 15.6 Å². The quantitative estimate of drug-likeness (QED) is 0.343. The molecule has 2 aromatic heterocycles. The number of fused-ring (bicyclic) bond motifs is 1. The maximum absolute atomic E-state index is 12.8. The first-order valence-corrected chi connectivity index (χ1v) is 11.7. The summed E-state index contributed by atoms with van der Waals surface area (Å²) in [4.78, 5) is 21.8. The van der Waals surface area contributed by atoms with E-state index >= 15 is 0 Å². The summed E-state index contributed by atoms with van der Waals surface area (Å²) in [6.45, 7) is 5.72. The number of nitrogens with zero attached hydrogens (tertiary/aromatic N) is 3. The third-order valence-electron chi connectivity index (χ3n) is 6.22. The lowest BCUT2D eigenvalue weighted by Crippen LogP contribution is -2.26. The zero-order chi connectivity index (χ0) is 24.4. The van der Waals surface area contributed by atoms with Gasteiger partial charge in [-0.15, -0.1) is 0 Å². The average Bonchev–Trinajstić information content (AvgIpc) is 3.52. The lowest BCUT2D eigenvalue weighted by atomic mass is 10.1. The summed E-state index contributed by atoms with van der Waals surface area (Å²) in [7, 11) is 1.73. The molecule has 0 atom stereocenters. The van der Waals surface area contributed by atoms with Gasteiger partial charge in [0, 0.05) is 35.9 Å². The highest BCUT2D eigenvalue weighted by atomic mass is 35.5. The van der Waals surface area contributed by atoms with Gasteiger partial charge in [0.2, 0.25) is 0 Å². The molecule has 8 nitrogen and oxygen atoms in total. The number of hydrogen-bond acceptors (Lipinski definition) is 6. The van der Waals surface area contributed by atoms with Crippen LogP contribution in [0, 0.1) is 5.41 Å². The first-order valence-electron chi connectivity index (χ1n) is 11.4. The van der Waals surface area contributed by atoms with E-state index in [1.165, 1.54) is 4.52 Å². The largest absolute Gasteiger partial charge is 0.487 e. The van der Waals surface area contributed by atoms with Crippen molar-refractivity contribution >= 4 is 23.1 Å². The molecule has 0 aliphatic heterocycles. The molecule has 2 aromatic carbocycles. The van der Waals surface area contributed by atoms with Crippen molar-refractivity contribution in [3.63, 3.8) is 0 Å². The van der Waals surface area contributed by atoms with Crippen molar-refractivity contribution < 1.29 is 9.47 Å². The molecule has 0 radical (unpaired) electrons. The molecule has 2 heterocycles. The predicted octanol–water partition coefficient (Wildman–Crippen LogP) is 4.30. The van der Waals surface area contributed by atoms with Crippen molar-refractivity contribution in [2.45, 2.75) is 19.4 Å². The number of halogens is 1. The van der Waals surface area contributed by atoms with E-state index in [0.717, 1.165) is 42.8 Å². The Bertz CT molecular complexity index is 1430. The minimum Gasteiger partial charge on any atom is -0.487 e. The van der Waals surface area contributed by atoms with Crippen molar-refractivity contribution in [1.29, 1.82) is 0 Å². The van der Waals surface area contributed by atoms with Crippen LogP contribution in [0.25, 0.3) is 22.9 Å². The number of nitrogens with one attached hydrogen (secondary N) is 2. The third kappa shape index (κ3) is 4.80. The van der Waals surface area contributed by atoms with E-state index in [9.17, 15) is 4.79 Å². The van der Waals surface area contributed by atoms with Crippen LogP contribution in [0.15, 0.2) is 66.0 Å². The predicted molar refractivity (Wildman–Crippen MR) is 135 cm³/mol. The highest BCUT2D eigenvalue weighted by molar-refractivity contribution is 6.31. The highest BCUT2D eigenvalue weighted by Gasteiger charge is 2.42. The Morgan fingerprint density at radius 1 is 1.17 bits per heavy atom. The summed E-state index contributed by atoms with van der Waals surface area (Å²) in [5.74, 6) is 1.37. The smallest absolute Gasteiger partial charge is 0.293 e. The van der Waals surface area contributed by atoms with E-state index in [2.05, 4.69) is 27.0 Å². The first kappa shape index (κ1) is 23.1. The van der Waals surface area contributed by atoms with Crippen LogP contribution >= 0.6 is 11.6 Å². The molecule has 1 saturated carbocycles. The van der Waals surface area contributed by atoms with Crippen molar-refractivity contribution in [3.05, 3.63) is 87.8 Å². The van der Waals surface area contributed by atoms with E-state index in [-0.39, 0.29) is 22.8 Å². The molecule has 0 saturated heterocycles. The Hall–Kier alpha value is -3.62. The van der Waals surface area contributed by atoms with Gasteiger partial charge in [0.25, 0.3) is 11.3 Å². The zero-order valence-corrected chi connectivity index (χ0v) is 20.1. The van der Waals surface area contributed by atoms with Crippen LogP contribution in [0.4, 0.5) is 0 Å². The summed E-state index contributed by atoms with van der Waals surface area (Å²) in [5, 5.41) is 6.37. The van der Waals surface area contributed by atoms with E-state index in [4.69, 9.17) is 21.1 Å². The van der Waals surface area contributed by atoms with E-state index < -0.39 is 5.56 Å². The van der Waals surface area contributed by atoms with Gasteiger partial charge in [0.1, 0.15) is 23.1 Å². The van der Waals surface area contributed by atoms with Gasteiger partial charge >= 0.3 is 0 Å². The van der Waals surface area contributed by atoms with Crippen molar-refractivity contribution in [2.24, 2.45) is 5.41 Å². The topological polar surface area (TPSA) is 93.5 Å². The lowest BCUT2D eigenvalue weighted by molar-refractivity contribution is 0.142. The van der Waals surface area contributed by atoms with E-state index in [1.54, 1.807) is 7.11 Å². The summed E-state index contributed by atoms with van der Waals surface area (Å²) in [6.07, 6.45) is 2.28. The summed E-state index contributed by atoms with van der Waals surface area (Å²) >= 11 is 6.37. The SMILES string of the molecule is C=C(NCC1(COC)CC1)c1ccccc1OCc1nc2nc(-c3ccccc3)[nH]n2c(=O)c1Cl. The van der Waals surface area contributed by atoms with Gasteiger partial charge in [-0.3, -0.25) is 9.89 Å². The van der Waals surface area contributed by atoms with Gasteiger partial charge in [-0.05, 0) is 25.0 Å². The van der Waals surface area contributed by atoms with Gasteiger partial charge in [-0.25, -0.2) is 4.98 Å². The molecule has 0 amide bonds. The Balaban J connectivity index is 1.34. The zero-order valence-electron chi connectivity index (χ0n) is 19.4. The fraction of sp³-hybridized carbons (Fsp3) is 0.269. The normalized spacial score (nSPS) is 14.1. The molecule has 5 rings (SSSR count). The molecule has 35 heavy (non-hydrogen) atoms. The van der Waals surface area contributed by atoms with Crippen LogP contribution in [0.1, 0.15) is 24.1 Å². The third-order valence-corrected chi connectivity index (χ3v) is 6.60. The minimum absolute atomic E-state index is 0.00993. The number of ether oxygens (including phenoxy) is 2. The Kier molecular flexibility index (Phi) is 6.32. The van der Waals surface area contributed by atoms with Gasteiger partial charge in [-0.2, -0.15) is 9.50 Å². The molecule has 0 bridgehead atoms. The molecule has 4 aromatic rings. The monoisotopic (exact) mass is 491 g/mol. The second-order valence-corrected chi connectivity index (χ2v) is 9.18. The van der Waals surface area contributed by atoms with Gasteiger partial charge in [0.05, 0.1) is 6.61 Å². The average molecular weight is 492 g/mol. The van der Waals surface area contributed by atoms with Crippen LogP contribution in [0.3, 0.4) is 0 Å². The van der Waals surface area contributed by atoms with E-state index in [1.807, 2.05) is 54.6 Å². The lowest BCUT2D eigenvalue weighted by Gasteiger charge is -2.19. The summed E-state index contributed by atoms with van der Waals surface area (Å²) in [6, 6.07) is 17.1. The first-order chi connectivity index (χ1) is 17.0.